The van der Waals surface area contributed by atoms with E-state index >= 15 is 0 Å². The third-order valence-corrected chi connectivity index (χ3v) is 3.79. The molecule has 0 bridgehead atoms. The zero-order valence-corrected chi connectivity index (χ0v) is 14.5. The molecular formula is C17H18Cl2N2O2. The van der Waals surface area contributed by atoms with E-state index in [-0.39, 0.29) is 12.5 Å². The lowest BCUT2D eigenvalue weighted by Gasteiger charge is -2.17. The molecule has 2 aromatic rings. The normalized spacial score (nSPS) is 10.7. The van der Waals surface area contributed by atoms with E-state index in [4.69, 9.17) is 27.9 Å². The molecule has 0 heterocycles. The first-order valence-corrected chi connectivity index (χ1v) is 7.80. The van der Waals surface area contributed by atoms with Gasteiger partial charge in [0.05, 0.1) is 24.4 Å². The van der Waals surface area contributed by atoms with Gasteiger partial charge in [0.25, 0.3) is 0 Å². The second-order valence-corrected chi connectivity index (χ2v) is 6.04. The van der Waals surface area contributed by atoms with Gasteiger partial charge in [-0.25, -0.2) is 0 Å². The summed E-state index contributed by atoms with van der Waals surface area (Å²) < 4.78 is 5.12. The van der Waals surface area contributed by atoms with Crippen molar-refractivity contribution in [3.8, 4) is 5.75 Å². The highest BCUT2D eigenvalue weighted by Gasteiger charge is 2.10. The van der Waals surface area contributed by atoms with Gasteiger partial charge in [-0.15, -0.1) is 0 Å². The Kier molecular flexibility index (Phi) is 6.28. The number of halogens is 2. The molecular weight excluding hydrogens is 335 g/mol. The second-order valence-electron chi connectivity index (χ2n) is 5.19. The molecule has 0 aliphatic rings. The number of amides is 1. The van der Waals surface area contributed by atoms with Gasteiger partial charge in [-0.1, -0.05) is 35.3 Å². The van der Waals surface area contributed by atoms with E-state index in [0.717, 1.165) is 11.3 Å². The van der Waals surface area contributed by atoms with E-state index in [1.807, 2.05) is 36.2 Å². The molecule has 0 aromatic heterocycles. The molecule has 0 saturated heterocycles. The average molecular weight is 353 g/mol. The highest BCUT2D eigenvalue weighted by atomic mass is 35.5. The standard InChI is InChI=1S/C17H18Cl2N2O2/c1-21(10-12-3-6-14(23-2)7-4-12)11-17(22)20-16-9-13(18)5-8-15(16)19/h3-9H,10-11H2,1-2H3,(H,20,22). The van der Waals surface area contributed by atoms with Crippen LogP contribution in [0, 0.1) is 0 Å². The lowest BCUT2D eigenvalue weighted by atomic mass is 10.2. The van der Waals surface area contributed by atoms with Crippen molar-refractivity contribution in [2.24, 2.45) is 0 Å². The number of likely N-dealkylation sites (N-methyl/N-ethyl adjacent to an activating group) is 1. The number of methoxy groups -OCH3 is 1. The molecule has 2 rings (SSSR count). The molecule has 0 saturated carbocycles. The quantitative estimate of drug-likeness (QED) is 0.851. The van der Waals surface area contributed by atoms with Crippen LogP contribution in [0.2, 0.25) is 10.0 Å². The number of hydrogen-bond acceptors (Lipinski definition) is 3. The Balaban J connectivity index is 1.90. The predicted molar refractivity (Wildman–Crippen MR) is 94.4 cm³/mol. The van der Waals surface area contributed by atoms with Gasteiger partial charge in [0.1, 0.15) is 5.75 Å². The van der Waals surface area contributed by atoms with E-state index < -0.39 is 0 Å². The lowest BCUT2D eigenvalue weighted by molar-refractivity contribution is -0.117. The van der Waals surface area contributed by atoms with Gasteiger partial charge in [-0.3, -0.25) is 9.69 Å². The minimum absolute atomic E-state index is 0.148. The highest BCUT2D eigenvalue weighted by Crippen LogP contribution is 2.25. The first-order chi connectivity index (χ1) is 11.0. The monoisotopic (exact) mass is 352 g/mol. The van der Waals surface area contributed by atoms with Crippen molar-refractivity contribution in [3.63, 3.8) is 0 Å². The minimum Gasteiger partial charge on any atom is -0.497 e. The smallest absolute Gasteiger partial charge is 0.238 e. The summed E-state index contributed by atoms with van der Waals surface area (Å²) in [5, 5.41) is 3.75. The van der Waals surface area contributed by atoms with Crippen LogP contribution in [-0.2, 0) is 11.3 Å². The Morgan fingerprint density at radius 3 is 2.52 bits per heavy atom. The topological polar surface area (TPSA) is 41.6 Å². The zero-order valence-electron chi connectivity index (χ0n) is 13.0. The van der Waals surface area contributed by atoms with E-state index in [9.17, 15) is 4.79 Å². The van der Waals surface area contributed by atoms with Crippen molar-refractivity contribution >= 4 is 34.8 Å². The first kappa shape index (κ1) is 17.6. The summed E-state index contributed by atoms with van der Waals surface area (Å²) in [6.07, 6.45) is 0. The second kappa shape index (κ2) is 8.20. The molecule has 1 amide bonds. The molecule has 1 N–H and O–H groups in total. The summed E-state index contributed by atoms with van der Waals surface area (Å²) >= 11 is 11.9. The van der Waals surface area contributed by atoms with Crippen LogP contribution in [-0.4, -0.2) is 31.5 Å². The summed E-state index contributed by atoms with van der Waals surface area (Å²) in [6.45, 7) is 0.898. The number of rotatable bonds is 6. The van der Waals surface area contributed by atoms with Gasteiger partial charge in [-0.2, -0.15) is 0 Å². The van der Waals surface area contributed by atoms with Crippen molar-refractivity contribution in [1.29, 1.82) is 0 Å². The number of anilines is 1. The Hall–Kier alpha value is -1.75. The molecule has 4 nitrogen and oxygen atoms in total. The van der Waals surface area contributed by atoms with Gasteiger partial charge in [0.15, 0.2) is 0 Å². The van der Waals surface area contributed by atoms with Gasteiger partial charge in [0.2, 0.25) is 5.91 Å². The van der Waals surface area contributed by atoms with Crippen molar-refractivity contribution < 1.29 is 9.53 Å². The van der Waals surface area contributed by atoms with Crippen molar-refractivity contribution in [1.82, 2.24) is 4.90 Å². The number of benzene rings is 2. The summed E-state index contributed by atoms with van der Waals surface area (Å²) in [7, 11) is 3.51. The summed E-state index contributed by atoms with van der Waals surface area (Å²) in [6, 6.07) is 12.7. The third-order valence-electron chi connectivity index (χ3n) is 3.23. The first-order valence-electron chi connectivity index (χ1n) is 7.04. The third kappa shape index (κ3) is 5.43. The van der Waals surface area contributed by atoms with Crippen molar-refractivity contribution in [3.05, 3.63) is 58.1 Å². The fraction of sp³-hybridized carbons (Fsp3) is 0.235. The number of nitrogens with one attached hydrogen (secondary N) is 1. The largest absolute Gasteiger partial charge is 0.497 e. The Morgan fingerprint density at radius 2 is 1.87 bits per heavy atom. The number of hydrogen-bond donors (Lipinski definition) is 1. The molecule has 122 valence electrons. The minimum atomic E-state index is -0.148. The summed E-state index contributed by atoms with van der Waals surface area (Å²) in [5.74, 6) is 0.662. The van der Waals surface area contributed by atoms with Crippen LogP contribution in [0.1, 0.15) is 5.56 Å². The van der Waals surface area contributed by atoms with Gasteiger partial charge >= 0.3 is 0 Å². The Bertz CT molecular complexity index is 675. The highest BCUT2D eigenvalue weighted by molar-refractivity contribution is 6.35. The van der Waals surface area contributed by atoms with E-state index in [0.29, 0.717) is 22.3 Å². The summed E-state index contributed by atoms with van der Waals surface area (Å²) in [4.78, 5) is 14.0. The average Bonchev–Trinajstić information content (AvgIpc) is 2.51. The Labute approximate surface area is 146 Å². The van der Waals surface area contributed by atoms with Crippen LogP contribution < -0.4 is 10.1 Å². The molecule has 2 aromatic carbocycles. The maximum atomic E-state index is 12.1. The van der Waals surface area contributed by atoms with Gasteiger partial charge < -0.3 is 10.1 Å². The van der Waals surface area contributed by atoms with Gasteiger partial charge in [0, 0.05) is 11.6 Å². The zero-order chi connectivity index (χ0) is 16.8. The summed E-state index contributed by atoms with van der Waals surface area (Å²) in [5.41, 5.74) is 1.61. The van der Waals surface area contributed by atoms with Gasteiger partial charge in [-0.05, 0) is 42.9 Å². The van der Waals surface area contributed by atoms with Crippen LogP contribution in [0.5, 0.6) is 5.75 Å². The van der Waals surface area contributed by atoms with Crippen molar-refractivity contribution in [2.75, 3.05) is 26.0 Å². The number of ether oxygens (including phenoxy) is 1. The van der Waals surface area contributed by atoms with Crippen LogP contribution >= 0.6 is 23.2 Å². The maximum absolute atomic E-state index is 12.1. The molecule has 0 aliphatic carbocycles. The molecule has 0 radical (unpaired) electrons. The number of carbonyl (C=O) groups is 1. The maximum Gasteiger partial charge on any atom is 0.238 e. The molecule has 0 atom stereocenters. The van der Waals surface area contributed by atoms with Crippen LogP contribution in [0.4, 0.5) is 5.69 Å². The molecule has 6 heteroatoms. The van der Waals surface area contributed by atoms with E-state index in [1.54, 1.807) is 25.3 Å². The molecule has 0 fully saturated rings. The van der Waals surface area contributed by atoms with Crippen molar-refractivity contribution in [2.45, 2.75) is 6.54 Å². The molecule has 23 heavy (non-hydrogen) atoms. The molecule has 0 aliphatic heterocycles. The van der Waals surface area contributed by atoms with E-state index in [2.05, 4.69) is 5.32 Å². The van der Waals surface area contributed by atoms with Crippen LogP contribution in [0.15, 0.2) is 42.5 Å². The fourth-order valence-corrected chi connectivity index (χ4v) is 2.46. The lowest BCUT2D eigenvalue weighted by Crippen LogP contribution is -2.29. The molecule has 0 unspecified atom stereocenters. The fourth-order valence-electron chi connectivity index (χ4n) is 2.13. The van der Waals surface area contributed by atoms with E-state index in [1.165, 1.54) is 0 Å². The SMILES string of the molecule is COc1ccc(CN(C)CC(=O)Nc2cc(Cl)ccc2Cl)cc1. The predicted octanol–water partition coefficient (Wildman–Crippen LogP) is 4.07. The molecule has 0 spiro atoms. The van der Waals surface area contributed by atoms with Crippen LogP contribution in [0.3, 0.4) is 0 Å². The number of nitrogens with zero attached hydrogens (tertiary/aromatic N) is 1. The Morgan fingerprint density at radius 1 is 1.17 bits per heavy atom. The number of carbonyl (C=O) groups excluding carboxylic acids is 1. The van der Waals surface area contributed by atoms with Crippen LogP contribution in [0.25, 0.3) is 0 Å².